The van der Waals surface area contributed by atoms with Gasteiger partial charge in [-0.25, -0.2) is 4.98 Å². The second-order valence-electron chi connectivity index (χ2n) is 4.88. The van der Waals surface area contributed by atoms with Crippen molar-refractivity contribution in [1.29, 1.82) is 0 Å². The molecular formula is C12H18N4. The number of anilines is 2. The summed E-state index contributed by atoms with van der Waals surface area (Å²) in [6.45, 7) is 1.10. The largest absolute Gasteiger partial charge is 0.384 e. The van der Waals surface area contributed by atoms with Gasteiger partial charge in [-0.1, -0.05) is 12.8 Å². The molecule has 0 bridgehead atoms. The summed E-state index contributed by atoms with van der Waals surface area (Å²) in [5.74, 6) is 2.26. The molecule has 2 aliphatic rings. The van der Waals surface area contributed by atoms with Gasteiger partial charge in [0.05, 0.1) is 0 Å². The highest BCUT2D eigenvalue weighted by atomic mass is 15.3. The lowest BCUT2D eigenvalue weighted by Crippen LogP contribution is -2.35. The van der Waals surface area contributed by atoms with Crippen molar-refractivity contribution in [2.24, 2.45) is 5.92 Å². The van der Waals surface area contributed by atoms with E-state index >= 15 is 0 Å². The molecule has 0 radical (unpaired) electrons. The summed E-state index contributed by atoms with van der Waals surface area (Å²) in [5.41, 5.74) is 5.72. The molecule has 1 saturated carbocycles. The van der Waals surface area contributed by atoms with Crippen molar-refractivity contribution in [3.05, 3.63) is 12.3 Å². The first kappa shape index (κ1) is 9.87. The molecule has 0 spiro atoms. The highest BCUT2D eigenvalue weighted by molar-refractivity contribution is 5.40. The van der Waals surface area contributed by atoms with Gasteiger partial charge in [0.2, 0.25) is 5.95 Å². The summed E-state index contributed by atoms with van der Waals surface area (Å²) in [6.07, 6.45) is 8.47. The quantitative estimate of drug-likeness (QED) is 0.781. The third kappa shape index (κ3) is 1.62. The van der Waals surface area contributed by atoms with Crippen LogP contribution in [-0.4, -0.2) is 22.6 Å². The molecule has 4 heteroatoms. The fourth-order valence-electron chi connectivity index (χ4n) is 3.15. The Morgan fingerprint density at radius 1 is 1.25 bits per heavy atom. The van der Waals surface area contributed by atoms with Crippen LogP contribution in [0.25, 0.3) is 0 Å². The van der Waals surface area contributed by atoms with E-state index < -0.39 is 0 Å². The van der Waals surface area contributed by atoms with Gasteiger partial charge in [0.1, 0.15) is 5.82 Å². The van der Waals surface area contributed by atoms with Crippen molar-refractivity contribution in [3.63, 3.8) is 0 Å². The molecule has 0 aromatic carbocycles. The Balaban J connectivity index is 1.85. The minimum absolute atomic E-state index is 0.573. The molecule has 1 aromatic rings. The molecule has 16 heavy (non-hydrogen) atoms. The van der Waals surface area contributed by atoms with E-state index in [1.54, 1.807) is 12.3 Å². The molecule has 1 saturated heterocycles. The van der Waals surface area contributed by atoms with E-state index in [9.17, 15) is 0 Å². The first-order chi connectivity index (χ1) is 7.84. The Bertz CT molecular complexity index is 379. The molecule has 3 rings (SSSR count). The second kappa shape index (κ2) is 3.92. The van der Waals surface area contributed by atoms with E-state index in [2.05, 4.69) is 14.9 Å². The van der Waals surface area contributed by atoms with Crippen LogP contribution in [-0.2, 0) is 0 Å². The molecule has 86 valence electrons. The van der Waals surface area contributed by atoms with E-state index in [1.807, 2.05) is 0 Å². The fraction of sp³-hybridized carbons (Fsp3) is 0.667. The fourth-order valence-corrected chi connectivity index (χ4v) is 3.15. The number of aromatic nitrogens is 2. The van der Waals surface area contributed by atoms with Gasteiger partial charge >= 0.3 is 0 Å². The number of hydrogen-bond donors (Lipinski definition) is 1. The van der Waals surface area contributed by atoms with E-state index in [4.69, 9.17) is 5.73 Å². The van der Waals surface area contributed by atoms with Gasteiger partial charge in [0.15, 0.2) is 0 Å². The standard InChI is InChI=1S/C12H18N4/c13-11-5-7-14-12(15-11)16-8-6-9-3-1-2-4-10(9)16/h5,7,9-10H,1-4,6,8H2,(H2,13,14,15). The van der Waals surface area contributed by atoms with Crippen LogP contribution in [0.3, 0.4) is 0 Å². The van der Waals surface area contributed by atoms with Crippen LogP contribution in [0.2, 0.25) is 0 Å². The molecular weight excluding hydrogens is 200 g/mol. The lowest BCUT2D eigenvalue weighted by molar-refractivity contribution is 0.341. The molecule has 1 aromatic heterocycles. The van der Waals surface area contributed by atoms with Crippen molar-refractivity contribution in [3.8, 4) is 0 Å². The number of nitrogens with zero attached hydrogens (tertiary/aromatic N) is 3. The van der Waals surface area contributed by atoms with Gasteiger partial charge < -0.3 is 10.6 Å². The van der Waals surface area contributed by atoms with E-state index in [1.165, 1.54) is 32.1 Å². The van der Waals surface area contributed by atoms with E-state index in [0.29, 0.717) is 11.9 Å². The molecule has 2 N–H and O–H groups in total. The summed E-state index contributed by atoms with van der Waals surface area (Å²) in [4.78, 5) is 11.0. The van der Waals surface area contributed by atoms with Gasteiger partial charge in [0, 0.05) is 18.8 Å². The molecule has 2 unspecified atom stereocenters. The highest BCUT2D eigenvalue weighted by Gasteiger charge is 2.36. The minimum Gasteiger partial charge on any atom is -0.384 e. The predicted octanol–water partition coefficient (Wildman–Crippen LogP) is 1.83. The Morgan fingerprint density at radius 3 is 3.00 bits per heavy atom. The molecule has 4 nitrogen and oxygen atoms in total. The highest BCUT2D eigenvalue weighted by Crippen LogP contribution is 2.37. The van der Waals surface area contributed by atoms with Crippen molar-refractivity contribution in [2.45, 2.75) is 38.1 Å². The zero-order valence-electron chi connectivity index (χ0n) is 9.47. The third-order valence-corrected chi connectivity index (χ3v) is 3.93. The average Bonchev–Trinajstić information content (AvgIpc) is 2.72. The Hall–Kier alpha value is -1.32. The zero-order valence-corrected chi connectivity index (χ0v) is 9.47. The number of hydrogen-bond acceptors (Lipinski definition) is 4. The van der Waals surface area contributed by atoms with Crippen molar-refractivity contribution in [1.82, 2.24) is 9.97 Å². The van der Waals surface area contributed by atoms with Crippen LogP contribution < -0.4 is 10.6 Å². The number of rotatable bonds is 1. The SMILES string of the molecule is Nc1ccnc(N2CCC3CCCCC32)n1. The Labute approximate surface area is 95.9 Å². The summed E-state index contributed by atoms with van der Waals surface area (Å²) in [5, 5.41) is 0. The number of fused-ring (bicyclic) bond motifs is 1. The zero-order chi connectivity index (χ0) is 11.0. The van der Waals surface area contributed by atoms with Crippen LogP contribution in [0.4, 0.5) is 11.8 Å². The van der Waals surface area contributed by atoms with Crippen molar-refractivity contribution in [2.75, 3.05) is 17.2 Å². The lowest BCUT2D eigenvalue weighted by atomic mass is 9.85. The maximum Gasteiger partial charge on any atom is 0.227 e. The molecule has 1 aliphatic carbocycles. The van der Waals surface area contributed by atoms with Gasteiger partial charge in [-0.2, -0.15) is 4.98 Å². The van der Waals surface area contributed by atoms with E-state index in [0.717, 1.165) is 18.4 Å². The molecule has 2 fully saturated rings. The predicted molar refractivity (Wildman–Crippen MR) is 64.2 cm³/mol. The topological polar surface area (TPSA) is 55.0 Å². The van der Waals surface area contributed by atoms with Crippen LogP contribution in [0.1, 0.15) is 32.1 Å². The van der Waals surface area contributed by atoms with E-state index in [-0.39, 0.29) is 0 Å². The summed E-state index contributed by atoms with van der Waals surface area (Å²) >= 11 is 0. The normalized spacial score (nSPS) is 29.1. The van der Waals surface area contributed by atoms with Crippen LogP contribution in [0.5, 0.6) is 0 Å². The van der Waals surface area contributed by atoms with Gasteiger partial charge in [-0.05, 0) is 31.2 Å². The average molecular weight is 218 g/mol. The lowest BCUT2D eigenvalue weighted by Gasteiger charge is -2.31. The van der Waals surface area contributed by atoms with Gasteiger partial charge in [0.25, 0.3) is 0 Å². The maximum atomic E-state index is 5.72. The molecule has 1 aliphatic heterocycles. The van der Waals surface area contributed by atoms with Gasteiger partial charge in [-0.15, -0.1) is 0 Å². The second-order valence-corrected chi connectivity index (χ2v) is 4.88. The van der Waals surface area contributed by atoms with Crippen LogP contribution in [0, 0.1) is 5.92 Å². The Kier molecular flexibility index (Phi) is 2.42. The smallest absolute Gasteiger partial charge is 0.227 e. The number of nitrogens with two attached hydrogens (primary N) is 1. The monoisotopic (exact) mass is 218 g/mol. The first-order valence-corrected chi connectivity index (χ1v) is 6.20. The molecule has 2 atom stereocenters. The van der Waals surface area contributed by atoms with Crippen molar-refractivity contribution < 1.29 is 0 Å². The van der Waals surface area contributed by atoms with Crippen LogP contribution in [0.15, 0.2) is 12.3 Å². The van der Waals surface area contributed by atoms with Gasteiger partial charge in [-0.3, -0.25) is 0 Å². The molecule has 0 amide bonds. The summed E-state index contributed by atoms with van der Waals surface area (Å²) < 4.78 is 0. The molecule has 2 heterocycles. The summed E-state index contributed by atoms with van der Waals surface area (Å²) in [6, 6.07) is 2.41. The van der Waals surface area contributed by atoms with Crippen LogP contribution >= 0.6 is 0 Å². The maximum absolute atomic E-state index is 5.72. The Morgan fingerprint density at radius 2 is 2.12 bits per heavy atom. The minimum atomic E-state index is 0.573. The summed E-state index contributed by atoms with van der Waals surface area (Å²) in [7, 11) is 0. The first-order valence-electron chi connectivity index (χ1n) is 6.20. The number of nitrogen functional groups attached to an aromatic ring is 1. The third-order valence-electron chi connectivity index (χ3n) is 3.93. The van der Waals surface area contributed by atoms with Crippen molar-refractivity contribution >= 4 is 11.8 Å².